The summed E-state index contributed by atoms with van der Waals surface area (Å²) < 4.78 is 1.17. The van der Waals surface area contributed by atoms with E-state index in [0.717, 1.165) is 5.52 Å². The largest absolute Gasteiger partial charge is 0.375 e. The van der Waals surface area contributed by atoms with Crippen molar-refractivity contribution in [1.82, 2.24) is 4.98 Å². The molecule has 0 bridgehead atoms. The number of aromatic nitrogens is 1. The SMILES string of the molecule is CC(C)c1ccc2sc(N)nc2c1. The van der Waals surface area contributed by atoms with Crippen LogP contribution in [0.4, 0.5) is 5.13 Å². The van der Waals surface area contributed by atoms with Crippen LogP contribution in [-0.4, -0.2) is 4.98 Å². The summed E-state index contributed by atoms with van der Waals surface area (Å²) in [5.74, 6) is 0.548. The van der Waals surface area contributed by atoms with Crippen LogP contribution in [-0.2, 0) is 0 Å². The van der Waals surface area contributed by atoms with Crippen molar-refractivity contribution in [2.75, 3.05) is 5.73 Å². The zero-order valence-electron chi connectivity index (χ0n) is 7.74. The molecule has 1 heterocycles. The van der Waals surface area contributed by atoms with Gasteiger partial charge in [0.05, 0.1) is 10.2 Å². The predicted molar refractivity (Wildman–Crippen MR) is 58.1 cm³/mol. The van der Waals surface area contributed by atoms with Crippen LogP contribution in [0.3, 0.4) is 0 Å². The van der Waals surface area contributed by atoms with E-state index in [0.29, 0.717) is 11.0 Å². The highest BCUT2D eigenvalue weighted by Crippen LogP contribution is 2.26. The first-order chi connectivity index (χ1) is 6.16. The molecule has 0 saturated heterocycles. The number of benzene rings is 1. The van der Waals surface area contributed by atoms with Gasteiger partial charge < -0.3 is 5.73 Å². The molecule has 0 spiro atoms. The fourth-order valence-corrected chi connectivity index (χ4v) is 2.04. The molecule has 0 radical (unpaired) electrons. The minimum absolute atomic E-state index is 0.548. The Kier molecular flexibility index (Phi) is 1.96. The van der Waals surface area contributed by atoms with Crippen LogP contribution in [0.2, 0.25) is 0 Å². The molecule has 2 nitrogen and oxygen atoms in total. The fourth-order valence-electron chi connectivity index (χ4n) is 1.32. The van der Waals surface area contributed by atoms with E-state index in [1.807, 2.05) is 0 Å². The molecule has 1 aromatic carbocycles. The number of hydrogen-bond donors (Lipinski definition) is 1. The molecular formula is C10H12N2S. The number of nitrogen functional groups attached to an aromatic ring is 1. The number of hydrogen-bond acceptors (Lipinski definition) is 3. The molecule has 2 rings (SSSR count). The molecule has 68 valence electrons. The number of thiazole rings is 1. The first-order valence-corrected chi connectivity index (χ1v) is 5.14. The summed E-state index contributed by atoms with van der Waals surface area (Å²) in [5.41, 5.74) is 7.96. The average Bonchev–Trinajstić information content (AvgIpc) is 2.42. The van der Waals surface area contributed by atoms with Gasteiger partial charge >= 0.3 is 0 Å². The second kappa shape index (κ2) is 3.00. The van der Waals surface area contributed by atoms with Crippen molar-refractivity contribution in [3.05, 3.63) is 23.8 Å². The lowest BCUT2D eigenvalue weighted by molar-refractivity contribution is 0.868. The predicted octanol–water partition coefficient (Wildman–Crippen LogP) is 3.00. The van der Waals surface area contributed by atoms with Gasteiger partial charge in [-0.3, -0.25) is 0 Å². The first-order valence-electron chi connectivity index (χ1n) is 4.33. The Labute approximate surface area is 81.4 Å². The third kappa shape index (κ3) is 1.52. The number of anilines is 1. The van der Waals surface area contributed by atoms with E-state index in [9.17, 15) is 0 Å². The van der Waals surface area contributed by atoms with Crippen molar-refractivity contribution >= 4 is 26.7 Å². The summed E-state index contributed by atoms with van der Waals surface area (Å²) in [5, 5.41) is 0.649. The van der Waals surface area contributed by atoms with Gasteiger partial charge in [0.1, 0.15) is 0 Å². The van der Waals surface area contributed by atoms with Crippen molar-refractivity contribution in [3.63, 3.8) is 0 Å². The summed E-state index contributed by atoms with van der Waals surface area (Å²) in [6.45, 7) is 4.35. The smallest absolute Gasteiger partial charge is 0.181 e. The molecule has 2 aromatic rings. The van der Waals surface area contributed by atoms with Gasteiger partial charge in [-0.15, -0.1) is 0 Å². The molecule has 0 saturated carbocycles. The summed E-state index contributed by atoms with van der Waals surface area (Å²) in [6.07, 6.45) is 0. The zero-order valence-corrected chi connectivity index (χ0v) is 8.56. The number of nitrogens with two attached hydrogens (primary N) is 1. The van der Waals surface area contributed by atoms with E-state index in [2.05, 4.69) is 37.0 Å². The maximum absolute atomic E-state index is 5.62. The Balaban J connectivity index is 2.61. The van der Waals surface area contributed by atoms with Gasteiger partial charge in [0, 0.05) is 0 Å². The summed E-state index contributed by atoms with van der Waals surface area (Å²) in [4.78, 5) is 4.25. The second-order valence-corrected chi connectivity index (χ2v) is 4.50. The molecule has 0 aliphatic rings. The first kappa shape index (κ1) is 8.51. The molecule has 0 amide bonds. The molecule has 1 aromatic heterocycles. The molecule has 0 unspecified atom stereocenters. The van der Waals surface area contributed by atoms with Crippen LogP contribution < -0.4 is 5.73 Å². The van der Waals surface area contributed by atoms with E-state index in [4.69, 9.17) is 5.73 Å². The van der Waals surface area contributed by atoms with E-state index in [1.165, 1.54) is 21.6 Å². The van der Waals surface area contributed by atoms with E-state index < -0.39 is 0 Å². The lowest BCUT2D eigenvalue weighted by Gasteiger charge is -2.03. The number of rotatable bonds is 1. The summed E-state index contributed by atoms with van der Waals surface area (Å²) >= 11 is 1.54. The summed E-state index contributed by atoms with van der Waals surface area (Å²) in [7, 11) is 0. The molecule has 0 aliphatic heterocycles. The third-order valence-corrected chi connectivity index (χ3v) is 2.96. The van der Waals surface area contributed by atoms with Gasteiger partial charge in [-0.05, 0) is 23.6 Å². The van der Waals surface area contributed by atoms with E-state index in [1.54, 1.807) is 0 Å². The number of nitrogens with zero attached hydrogens (tertiary/aromatic N) is 1. The standard InChI is InChI=1S/C10H12N2S/c1-6(2)7-3-4-9-8(5-7)12-10(11)13-9/h3-6H,1-2H3,(H2,11,12). The molecule has 0 fully saturated rings. The van der Waals surface area contributed by atoms with Crippen molar-refractivity contribution in [2.24, 2.45) is 0 Å². The van der Waals surface area contributed by atoms with Crippen LogP contribution >= 0.6 is 11.3 Å². The Morgan fingerprint density at radius 2 is 2.15 bits per heavy atom. The lowest BCUT2D eigenvalue weighted by atomic mass is 10.0. The van der Waals surface area contributed by atoms with Crippen LogP contribution in [0.1, 0.15) is 25.3 Å². The molecule has 3 heteroatoms. The maximum atomic E-state index is 5.62. The molecule has 0 atom stereocenters. The van der Waals surface area contributed by atoms with E-state index in [-0.39, 0.29) is 0 Å². The van der Waals surface area contributed by atoms with Crippen molar-refractivity contribution in [3.8, 4) is 0 Å². The van der Waals surface area contributed by atoms with Gasteiger partial charge in [0.2, 0.25) is 0 Å². The molecule has 13 heavy (non-hydrogen) atoms. The van der Waals surface area contributed by atoms with Crippen LogP contribution in [0.25, 0.3) is 10.2 Å². The highest BCUT2D eigenvalue weighted by molar-refractivity contribution is 7.22. The Morgan fingerprint density at radius 3 is 2.85 bits per heavy atom. The molecular weight excluding hydrogens is 180 g/mol. The highest BCUT2D eigenvalue weighted by atomic mass is 32.1. The maximum Gasteiger partial charge on any atom is 0.181 e. The quantitative estimate of drug-likeness (QED) is 0.754. The normalized spacial score (nSPS) is 11.3. The van der Waals surface area contributed by atoms with Gasteiger partial charge in [-0.25, -0.2) is 4.98 Å². The second-order valence-electron chi connectivity index (χ2n) is 3.43. The van der Waals surface area contributed by atoms with E-state index >= 15 is 0 Å². The lowest BCUT2D eigenvalue weighted by Crippen LogP contribution is -1.86. The molecule has 0 aliphatic carbocycles. The van der Waals surface area contributed by atoms with Crippen LogP contribution in [0.5, 0.6) is 0 Å². The summed E-state index contributed by atoms with van der Waals surface area (Å²) in [6, 6.07) is 6.36. The monoisotopic (exact) mass is 192 g/mol. The Bertz CT molecular complexity index is 431. The van der Waals surface area contributed by atoms with Gasteiger partial charge in [-0.2, -0.15) is 0 Å². The van der Waals surface area contributed by atoms with Crippen molar-refractivity contribution < 1.29 is 0 Å². The minimum Gasteiger partial charge on any atom is -0.375 e. The number of fused-ring (bicyclic) bond motifs is 1. The third-order valence-electron chi connectivity index (χ3n) is 2.09. The Hall–Kier alpha value is -1.09. The topological polar surface area (TPSA) is 38.9 Å². The van der Waals surface area contributed by atoms with Gasteiger partial charge in [-0.1, -0.05) is 31.3 Å². The average molecular weight is 192 g/mol. The van der Waals surface area contributed by atoms with Crippen molar-refractivity contribution in [1.29, 1.82) is 0 Å². The minimum atomic E-state index is 0.548. The Morgan fingerprint density at radius 1 is 1.38 bits per heavy atom. The zero-order chi connectivity index (χ0) is 9.42. The molecule has 2 N–H and O–H groups in total. The van der Waals surface area contributed by atoms with Crippen LogP contribution in [0.15, 0.2) is 18.2 Å². The van der Waals surface area contributed by atoms with Crippen LogP contribution in [0, 0.1) is 0 Å². The van der Waals surface area contributed by atoms with Gasteiger partial charge in [0.15, 0.2) is 5.13 Å². The van der Waals surface area contributed by atoms with Gasteiger partial charge in [0.25, 0.3) is 0 Å². The van der Waals surface area contributed by atoms with Crippen molar-refractivity contribution in [2.45, 2.75) is 19.8 Å². The fraction of sp³-hybridized carbons (Fsp3) is 0.300. The highest BCUT2D eigenvalue weighted by Gasteiger charge is 2.03.